The molecule has 16 heavy (non-hydrogen) atoms. The molecule has 1 fully saturated rings. The highest BCUT2D eigenvalue weighted by Crippen LogP contribution is 2.36. The van der Waals surface area contributed by atoms with E-state index in [1.807, 2.05) is 20.9 Å². The second kappa shape index (κ2) is 5.04. The van der Waals surface area contributed by atoms with E-state index in [0.717, 1.165) is 6.54 Å². The van der Waals surface area contributed by atoms with Crippen LogP contribution in [0.3, 0.4) is 0 Å². The SMILES string of the molecule is CC(C)N=C(N)N(C)CC1(N(C)C)CCC1. The predicted molar refractivity (Wildman–Crippen MR) is 69.7 cm³/mol. The summed E-state index contributed by atoms with van der Waals surface area (Å²) in [4.78, 5) is 8.79. The normalized spacial score (nSPS) is 20.1. The first-order chi connectivity index (χ1) is 7.37. The number of nitrogens with zero attached hydrogens (tertiary/aromatic N) is 3. The van der Waals surface area contributed by atoms with E-state index in [1.54, 1.807) is 0 Å². The standard InChI is InChI=1S/C12H26N4/c1-10(2)14-11(13)16(5)9-12(15(3)4)7-6-8-12/h10H,6-9H2,1-5H3,(H2,13,14). The number of rotatable bonds is 4. The highest BCUT2D eigenvalue weighted by molar-refractivity contribution is 5.78. The molecule has 4 heteroatoms. The Morgan fingerprint density at radius 1 is 1.31 bits per heavy atom. The Balaban J connectivity index is 2.59. The molecular formula is C12H26N4. The van der Waals surface area contributed by atoms with Gasteiger partial charge < -0.3 is 15.5 Å². The fraction of sp³-hybridized carbons (Fsp3) is 0.917. The summed E-state index contributed by atoms with van der Waals surface area (Å²) in [7, 11) is 6.34. The molecule has 0 aliphatic heterocycles. The minimum Gasteiger partial charge on any atom is -0.370 e. The van der Waals surface area contributed by atoms with E-state index in [4.69, 9.17) is 5.73 Å². The van der Waals surface area contributed by atoms with Crippen molar-refractivity contribution in [3.05, 3.63) is 0 Å². The second-order valence-electron chi connectivity index (χ2n) is 5.41. The third-order valence-electron chi connectivity index (χ3n) is 3.55. The number of nitrogens with two attached hydrogens (primary N) is 1. The maximum Gasteiger partial charge on any atom is 0.191 e. The molecule has 94 valence electrons. The summed E-state index contributed by atoms with van der Waals surface area (Å²) in [5.74, 6) is 0.656. The number of hydrogen-bond donors (Lipinski definition) is 1. The first-order valence-corrected chi connectivity index (χ1v) is 6.09. The molecule has 4 nitrogen and oxygen atoms in total. The van der Waals surface area contributed by atoms with Crippen LogP contribution in [-0.4, -0.2) is 55.0 Å². The van der Waals surface area contributed by atoms with Crippen molar-refractivity contribution in [1.82, 2.24) is 9.80 Å². The molecule has 0 spiro atoms. The first-order valence-electron chi connectivity index (χ1n) is 6.09. The van der Waals surface area contributed by atoms with Crippen LogP contribution in [0.5, 0.6) is 0 Å². The van der Waals surface area contributed by atoms with Gasteiger partial charge in [-0.25, -0.2) is 0 Å². The fourth-order valence-corrected chi connectivity index (χ4v) is 2.22. The van der Waals surface area contributed by atoms with Gasteiger partial charge >= 0.3 is 0 Å². The molecule has 1 saturated carbocycles. The molecule has 0 atom stereocenters. The van der Waals surface area contributed by atoms with Crippen LogP contribution in [0.2, 0.25) is 0 Å². The summed E-state index contributed by atoms with van der Waals surface area (Å²) in [6, 6.07) is 0.263. The molecule has 1 aliphatic rings. The summed E-state index contributed by atoms with van der Waals surface area (Å²) >= 11 is 0. The van der Waals surface area contributed by atoms with Crippen LogP contribution in [0.1, 0.15) is 33.1 Å². The number of aliphatic imine (C=N–C) groups is 1. The van der Waals surface area contributed by atoms with Crippen molar-refractivity contribution in [2.24, 2.45) is 10.7 Å². The van der Waals surface area contributed by atoms with E-state index in [1.165, 1.54) is 19.3 Å². The van der Waals surface area contributed by atoms with Crippen LogP contribution in [0.15, 0.2) is 4.99 Å². The molecule has 0 bridgehead atoms. The monoisotopic (exact) mass is 226 g/mol. The number of guanidine groups is 1. The van der Waals surface area contributed by atoms with E-state index in [9.17, 15) is 0 Å². The van der Waals surface area contributed by atoms with Gasteiger partial charge in [0.15, 0.2) is 5.96 Å². The largest absolute Gasteiger partial charge is 0.370 e. The maximum atomic E-state index is 5.96. The summed E-state index contributed by atoms with van der Waals surface area (Å²) < 4.78 is 0. The molecule has 0 saturated heterocycles. The lowest BCUT2D eigenvalue weighted by molar-refractivity contribution is 0.0427. The maximum absolute atomic E-state index is 5.96. The third-order valence-corrected chi connectivity index (χ3v) is 3.55. The van der Waals surface area contributed by atoms with Crippen molar-refractivity contribution in [2.45, 2.75) is 44.7 Å². The van der Waals surface area contributed by atoms with E-state index in [0.29, 0.717) is 11.5 Å². The Bertz CT molecular complexity index is 254. The molecule has 0 aromatic heterocycles. The van der Waals surface area contributed by atoms with Crippen LogP contribution in [0.25, 0.3) is 0 Å². The van der Waals surface area contributed by atoms with Crippen LogP contribution < -0.4 is 5.73 Å². The molecule has 0 unspecified atom stereocenters. The Kier molecular flexibility index (Phi) is 4.19. The Morgan fingerprint density at radius 2 is 1.88 bits per heavy atom. The van der Waals surface area contributed by atoms with E-state index in [-0.39, 0.29) is 6.04 Å². The van der Waals surface area contributed by atoms with E-state index >= 15 is 0 Å². The Hall–Kier alpha value is -0.770. The molecule has 0 amide bonds. The van der Waals surface area contributed by atoms with Gasteiger partial charge in [-0.3, -0.25) is 4.99 Å². The summed E-state index contributed by atoms with van der Waals surface area (Å²) in [6.45, 7) is 5.07. The molecule has 0 radical (unpaired) electrons. The average molecular weight is 226 g/mol. The van der Waals surface area contributed by atoms with Crippen molar-refractivity contribution < 1.29 is 0 Å². The smallest absolute Gasteiger partial charge is 0.191 e. The number of hydrogen-bond acceptors (Lipinski definition) is 2. The van der Waals surface area contributed by atoms with Crippen LogP contribution >= 0.6 is 0 Å². The molecule has 0 heterocycles. The summed E-state index contributed by atoms with van der Waals surface area (Å²) in [6.07, 6.45) is 3.85. The van der Waals surface area contributed by atoms with Gasteiger partial charge in [0.05, 0.1) is 0 Å². The van der Waals surface area contributed by atoms with E-state index < -0.39 is 0 Å². The van der Waals surface area contributed by atoms with Gasteiger partial charge in [-0.15, -0.1) is 0 Å². The fourth-order valence-electron chi connectivity index (χ4n) is 2.22. The zero-order valence-electron chi connectivity index (χ0n) is 11.3. The van der Waals surface area contributed by atoms with Crippen molar-refractivity contribution in [1.29, 1.82) is 0 Å². The van der Waals surface area contributed by atoms with Gasteiger partial charge in [0, 0.05) is 25.2 Å². The lowest BCUT2D eigenvalue weighted by Gasteiger charge is -2.49. The molecule has 1 rings (SSSR count). The van der Waals surface area contributed by atoms with Gasteiger partial charge in [-0.1, -0.05) is 0 Å². The minimum absolute atomic E-state index is 0.263. The zero-order chi connectivity index (χ0) is 12.3. The average Bonchev–Trinajstić information content (AvgIpc) is 2.08. The highest BCUT2D eigenvalue weighted by atomic mass is 15.3. The Labute approximate surface area is 99.5 Å². The van der Waals surface area contributed by atoms with Crippen molar-refractivity contribution in [2.75, 3.05) is 27.7 Å². The topological polar surface area (TPSA) is 44.9 Å². The molecule has 1 aliphatic carbocycles. The summed E-state index contributed by atoms with van der Waals surface area (Å²) in [5, 5.41) is 0. The third kappa shape index (κ3) is 2.88. The van der Waals surface area contributed by atoms with Gasteiger partial charge in [-0.05, 0) is 47.2 Å². The lowest BCUT2D eigenvalue weighted by Crippen LogP contribution is -2.58. The minimum atomic E-state index is 0.263. The van der Waals surface area contributed by atoms with Crippen LogP contribution in [0, 0.1) is 0 Å². The van der Waals surface area contributed by atoms with Crippen LogP contribution in [-0.2, 0) is 0 Å². The van der Waals surface area contributed by atoms with Gasteiger partial charge in [-0.2, -0.15) is 0 Å². The van der Waals surface area contributed by atoms with Gasteiger partial charge in [0.2, 0.25) is 0 Å². The first kappa shape index (κ1) is 13.3. The van der Waals surface area contributed by atoms with Gasteiger partial charge in [0.1, 0.15) is 0 Å². The second-order valence-corrected chi connectivity index (χ2v) is 5.41. The lowest BCUT2D eigenvalue weighted by atomic mass is 9.75. The van der Waals surface area contributed by atoms with Crippen molar-refractivity contribution in [3.8, 4) is 0 Å². The van der Waals surface area contributed by atoms with Crippen molar-refractivity contribution in [3.63, 3.8) is 0 Å². The molecule has 2 N–H and O–H groups in total. The predicted octanol–water partition coefficient (Wildman–Crippen LogP) is 1.13. The molecule has 0 aromatic carbocycles. The van der Waals surface area contributed by atoms with E-state index in [2.05, 4.69) is 28.9 Å². The zero-order valence-corrected chi connectivity index (χ0v) is 11.3. The van der Waals surface area contributed by atoms with Crippen molar-refractivity contribution >= 4 is 5.96 Å². The Morgan fingerprint density at radius 3 is 2.19 bits per heavy atom. The highest BCUT2D eigenvalue weighted by Gasteiger charge is 2.40. The quantitative estimate of drug-likeness (QED) is 0.577. The summed E-state index contributed by atoms with van der Waals surface area (Å²) in [5.41, 5.74) is 6.27. The molecule has 0 aromatic rings. The van der Waals surface area contributed by atoms with Gasteiger partial charge in [0.25, 0.3) is 0 Å². The molecular weight excluding hydrogens is 200 g/mol. The number of likely N-dealkylation sites (N-methyl/N-ethyl adjacent to an activating group) is 2. The van der Waals surface area contributed by atoms with Crippen LogP contribution in [0.4, 0.5) is 0 Å².